The van der Waals surface area contributed by atoms with E-state index in [1.807, 2.05) is 27.7 Å². The molecule has 1 heterocycles. The van der Waals surface area contributed by atoms with E-state index in [-0.39, 0.29) is 0 Å². The summed E-state index contributed by atoms with van der Waals surface area (Å²) in [4.78, 5) is 2.36. The summed E-state index contributed by atoms with van der Waals surface area (Å²) < 4.78 is 0. The Hall–Kier alpha value is -0.0800. The Labute approximate surface area is 79.1 Å². The van der Waals surface area contributed by atoms with E-state index in [0.29, 0.717) is 0 Å². The Bertz CT molecular complexity index is 41.1. The first-order valence-electron chi connectivity index (χ1n) is 5.16. The van der Waals surface area contributed by atoms with Crippen LogP contribution in [0.4, 0.5) is 0 Å². The van der Waals surface area contributed by atoms with Crippen molar-refractivity contribution in [3.8, 4) is 0 Å². The van der Waals surface area contributed by atoms with E-state index < -0.39 is 0 Å². The number of hydrogen-bond donors (Lipinski definition) is 1. The maximum absolute atomic E-state index is 4.50. The topological polar surface area (TPSA) is 29.3 Å². The summed E-state index contributed by atoms with van der Waals surface area (Å²) in [7, 11) is 3.67. The molecule has 0 aromatic carbocycles. The van der Waals surface area contributed by atoms with Crippen molar-refractivity contribution < 1.29 is 0 Å². The molecule has 0 unspecified atom stereocenters. The van der Waals surface area contributed by atoms with Crippen LogP contribution in [0.25, 0.3) is 0 Å². The van der Waals surface area contributed by atoms with E-state index in [9.17, 15) is 0 Å². The Kier molecular flexibility index (Phi) is 33.4. The van der Waals surface area contributed by atoms with Gasteiger partial charge in [-0.15, -0.1) is 0 Å². The van der Waals surface area contributed by atoms with E-state index in [1.165, 1.54) is 33.0 Å². The summed E-state index contributed by atoms with van der Waals surface area (Å²) in [5.74, 6) is 0. The fraction of sp³-hybridized carbons (Fsp3) is 1.00. The van der Waals surface area contributed by atoms with Crippen molar-refractivity contribution in [3.63, 3.8) is 0 Å². The zero-order chi connectivity index (χ0) is 10.4. The van der Waals surface area contributed by atoms with Gasteiger partial charge in [-0.05, 0) is 40.0 Å². The first kappa shape index (κ1) is 17.9. The molecule has 0 amide bonds. The second kappa shape index (κ2) is 22.4. The summed E-state index contributed by atoms with van der Waals surface area (Å²) >= 11 is 0. The van der Waals surface area contributed by atoms with Gasteiger partial charge in [0.1, 0.15) is 0 Å². The second-order valence-electron chi connectivity index (χ2n) is 2.01. The normalized spacial score (nSPS) is 14.2. The van der Waals surface area contributed by atoms with Gasteiger partial charge < -0.3 is 10.6 Å². The Morgan fingerprint density at radius 3 is 1.17 bits per heavy atom. The minimum Gasteiger partial charge on any atom is -0.333 e. The van der Waals surface area contributed by atoms with Crippen LogP contribution < -0.4 is 5.73 Å². The molecule has 0 spiro atoms. The van der Waals surface area contributed by atoms with Gasteiger partial charge in [0.2, 0.25) is 0 Å². The molecule has 2 heteroatoms. The standard InChI is InChI=1S/C5H11N.2C2H6.CH5N/c1-6-4-2-3-5-6;3*1-2/h2-5H2,1H3;2*1-2H3;2H2,1H3. The van der Waals surface area contributed by atoms with Crippen LogP contribution >= 0.6 is 0 Å². The largest absolute Gasteiger partial charge is 0.333 e. The third-order valence-electron chi connectivity index (χ3n) is 1.33. The van der Waals surface area contributed by atoms with Crippen molar-refractivity contribution in [2.75, 3.05) is 27.2 Å². The lowest BCUT2D eigenvalue weighted by molar-refractivity contribution is 0.418. The zero-order valence-electron chi connectivity index (χ0n) is 9.85. The first-order chi connectivity index (χ1) is 5.89. The molecule has 0 saturated carbocycles. The predicted octanol–water partition coefficient (Wildman–Crippen LogP) is 2.34. The van der Waals surface area contributed by atoms with Crippen molar-refractivity contribution in [3.05, 3.63) is 0 Å². The van der Waals surface area contributed by atoms with Gasteiger partial charge in [0.15, 0.2) is 0 Å². The van der Waals surface area contributed by atoms with E-state index in [4.69, 9.17) is 0 Å². The average Bonchev–Trinajstić information content (AvgIpc) is 2.66. The summed E-state index contributed by atoms with van der Waals surface area (Å²) in [6.07, 6.45) is 2.83. The lowest BCUT2D eigenvalue weighted by Crippen LogP contribution is -2.10. The lowest BCUT2D eigenvalue weighted by atomic mass is 10.4. The lowest BCUT2D eigenvalue weighted by Gasteiger charge is -2.01. The molecule has 1 aliphatic heterocycles. The third-order valence-corrected chi connectivity index (χ3v) is 1.33. The molecule has 0 bridgehead atoms. The second-order valence-corrected chi connectivity index (χ2v) is 2.01. The van der Waals surface area contributed by atoms with E-state index in [1.54, 1.807) is 0 Å². The van der Waals surface area contributed by atoms with Crippen LogP contribution in [0.5, 0.6) is 0 Å². The molecule has 12 heavy (non-hydrogen) atoms. The number of nitrogens with zero attached hydrogens (tertiary/aromatic N) is 1. The van der Waals surface area contributed by atoms with Crippen LogP contribution in [0.15, 0.2) is 0 Å². The van der Waals surface area contributed by atoms with E-state index >= 15 is 0 Å². The van der Waals surface area contributed by atoms with Crippen molar-refractivity contribution >= 4 is 0 Å². The van der Waals surface area contributed by atoms with E-state index in [2.05, 4.69) is 17.7 Å². The molecule has 0 aromatic rings. The molecule has 0 aliphatic carbocycles. The molecular weight excluding hydrogens is 148 g/mol. The fourth-order valence-electron chi connectivity index (χ4n) is 0.875. The SMILES string of the molecule is CC.CC.CN.CN1CCCC1. The molecule has 0 aromatic heterocycles. The maximum Gasteiger partial charge on any atom is -0.00213 e. The highest BCUT2D eigenvalue weighted by molar-refractivity contribution is 4.59. The minimum atomic E-state index is 1.32. The molecule has 1 fully saturated rings. The quantitative estimate of drug-likeness (QED) is 0.614. The summed E-state index contributed by atoms with van der Waals surface area (Å²) in [5.41, 5.74) is 4.50. The molecule has 2 N–H and O–H groups in total. The molecule has 2 nitrogen and oxygen atoms in total. The van der Waals surface area contributed by atoms with Gasteiger partial charge in [-0.2, -0.15) is 0 Å². The summed E-state index contributed by atoms with van der Waals surface area (Å²) in [6.45, 7) is 10.6. The predicted molar refractivity (Wildman–Crippen MR) is 59.5 cm³/mol. The van der Waals surface area contributed by atoms with Crippen LogP contribution in [-0.4, -0.2) is 32.1 Å². The maximum atomic E-state index is 4.50. The minimum absolute atomic E-state index is 1.32. The highest BCUT2D eigenvalue weighted by Gasteiger charge is 2.03. The van der Waals surface area contributed by atoms with Crippen molar-refractivity contribution in [1.82, 2.24) is 4.90 Å². The van der Waals surface area contributed by atoms with Gasteiger partial charge in [-0.1, -0.05) is 27.7 Å². The van der Waals surface area contributed by atoms with Gasteiger partial charge >= 0.3 is 0 Å². The van der Waals surface area contributed by atoms with Gasteiger partial charge in [0.05, 0.1) is 0 Å². The number of nitrogens with two attached hydrogens (primary N) is 1. The van der Waals surface area contributed by atoms with Gasteiger partial charge in [0, 0.05) is 0 Å². The number of likely N-dealkylation sites (tertiary alicyclic amines) is 1. The summed E-state index contributed by atoms with van der Waals surface area (Å²) in [5, 5.41) is 0. The fourth-order valence-corrected chi connectivity index (χ4v) is 0.875. The smallest absolute Gasteiger partial charge is 0.00213 e. The van der Waals surface area contributed by atoms with Crippen LogP contribution in [0.1, 0.15) is 40.5 Å². The Balaban J connectivity index is -0.000000117. The van der Waals surface area contributed by atoms with Crippen LogP contribution in [-0.2, 0) is 0 Å². The molecule has 0 atom stereocenters. The van der Waals surface area contributed by atoms with Crippen LogP contribution in [0.3, 0.4) is 0 Å². The molecule has 0 radical (unpaired) electrons. The zero-order valence-corrected chi connectivity index (χ0v) is 9.85. The van der Waals surface area contributed by atoms with Gasteiger partial charge in [0.25, 0.3) is 0 Å². The van der Waals surface area contributed by atoms with Gasteiger partial charge in [-0.3, -0.25) is 0 Å². The first-order valence-corrected chi connectivity index (χ1v) is 5.16. The molecule has 1 rings (SSSR count). The van der Waals surface area contributed by atoms with Crippen molar-refractivity contribution in [2.45, 2.75) is 40.5 Å². The summed E-state index contributed by atoms with van der Waals surface area (Å²) in [6, 6.07) is 0. The Morgan fingerprint density at radius 1 is 0.833 bits per heavy atom. The van der Waals surface area contributed by atoms with Crippen molar-refractivity contribution in [1.29, 1.82) is 0 Å². The molecule has 78 valence electrons. The number of hydrogen-bond acceptors (Lipinski definition) is 2. The highest BCUT2D eigenvalue weighted by Crippen LogP contribution is 2.01. The highest BCUT2D eigenvalue weighted by atomic mass is 15.1. The van der Waals surface area contributed by atoms with Crippen molar-refractivity contribution in [2.24, 2.45) is 5.73 Å². The monoisotopic (exact) mass is 176 g/mol. The number of rotatable bonds is 0. The molecular formula is C10H28N2. The van der Waals surface area contributed by atoms with Gasteiger partial charge in [-0.25, -0.2) is 0 Å². The van der Waals surface area contributed by atoms with Crippen LogP contribution in [0, 0.1) is 0 Å². The third kappa shape index (κ3) is 16.5. The molecule has 1 aliphatic rings. The molecule has 1 saturated heterocycles. The Morgan fingerprint density at radius 2 is 1.08 bits per heavy atom. The average molecular weight is 176 g/mol. The van der Waals surface area contributed by atoms with E-state index in [0.717, 1.165) is 0 Å². The van der Waals surface area contributed by atoms with Crippen LogP contribution in [0.2, 0.25) is 0 Å².